The molecule has 0 aromatic carbocycles. The Hall–Kier alpha value is -1.69. The zero-order chi connectivity index (χ0) is 15.1. The van der Waals surface area contributed by atoms with Gasteiger partial charge < -0.3 is 4.90 Å². The maximum absolute atomic E-state index is 12.3. The molecule has 1 aliphatic carbocycles. The lowest BCUT2D eigenvalue weighted by molar-refractivity contribution is 0.483. The fourth-order valence-corrected chi connectivity index (χ4v) is 4.42. The minimum Gasteiger partial charge on any atom is -0.343 e. The molecule has 4 rings (SSSR count). The number of rotatable bonds is 3. The minimum absolute atomic E-state index is 0.0443. The van der Waals surface area contributed by atoms with Crippen LogP contribution in [-0.4, -0.2) is 27.4 Å². The average molecular weight is 316 g/mol. The topological polar surface area (TPSA) is 51.0 Å². The first-order valence-corrected chi connectivity index (χ1v) is 8.87. The Balaban J connectivity index is 1.59. The maximum atomic E-state index is 12.3. The lowest BCUT2D eigenvalue weighted by Gasteiger charge is -2.24. The normalized spacial score (nSPS) is 20.6. The minimum atomic E-state index is 0.0443. The Morgan fingerprint density at radius 2 is 2.27 bits per heavy atom. The summed E-state index contributed by atoms with van der Waals surface area (Å²) in [5.74, 6) is 0. The van der Waals surface area contributed by atoms with Crippen molar-refractivity contribution in [2.45, 2.75) is 51.6 Å². The molecule has 0 N–H and O–H groups in total. The van der Waals surface area contributed by atoms with Crippen molar-refractivity contribution in [2.24, 2.45) is 0 Å². The van der Waals surface area contributed by atoms with Crippen LogP contribution in [0.4, 0.5) is 5.13 Å². The highest BCUT2D eigenvalue weighted by Gasteiger charge is 2.28. The quantitative estimate of drug-likeness (QED) is 0.871. The number of hydrogen-bond donors (Lipinski definition) is 0. The maximum Gasteiger partial charge on any atom is 0.267 e. The zero-order valence-electron chi connectivity index (χ0n) is 12.8. The standard InChI is InChI=1S/C16H20N4OS/c1-11-10-22-16(17-11)19-7-3-5-13(19)9-20-15(21)8-12-4-2-6-14(12)18-20/h8,10,13H,2-7,9H2,1H3. The molecule has 6 heteroatoms. The highest BCUT2D eigenvalue weighted by Crippen LogP contribution is 2.29. The van der Waals surface area contributed by atoms with E-state index in [1.165, 1.54) is 0 Å². The number of nitrogens with zero attached hydrogens (tertiary/aromatic N) is 4. The Morgan fingerprint density at radius 1 is 1.36 bits per heavy atom. The van der Waals surface area contributed by atoms with E-state index >= 15 is 0 Å². The smallest absolute Gasteiger partial charge is 0.267 e. The van der Waals surface area contributed by atoms with Crippen molar-refractivity contribution in [3.05, 3.63) is 38.8 Å². The van der Waals surface area contributed by atoms with E-state index in [4.69, 9.17) is 0 Å². The highest BCUT2D eigenvalue weighted by atomic mass is 32.1. The largest absolute Gasteiger partial charge is 0.343 e. The molecular formula is C16H20N4OS. The molecule has 1 aliphatic heterocycles. The lowest BCUT2D eigenvalue weighted by Crippen LogP contribution is -2.37. The molecule has 0 radical (unpaired) electrons. The van der Waals surface area contributed by atoms with Crippen molar-refractivity contribution in [3.8, 4) is 0 Å². The summed E-state index contributed by atoms with van der Waals surface area (Å²) in [5, 5.41) is 7.78. The SMILES string of the molecule is Cc1csc(N2CCCC2Cn2nc3c(cc2=O)CCC3)n1. The second-order valence-electron chi connectivity index (χ2n) is 6.25. The van der Waals surface area contributed by atoms with Crippen LogP contribution in [0.1, 0.15) is 36.2 Å². The molecule has 3 heterocycles. The number of hydrogen-bond acceptors (Lipinski definition) is 5. The molecule has 22 heavy (non-hydrogen) atoms. The summed E-state index contributed by atoms with van der Waals surface area (Å²) in [6.07, 6.45) is 5.40. The predicted molar refractivity (Wildman–Crippen MR) is 87.7 cm³/mol. The van der Waals surface area contributed by atoms with Crippen molar-refractivity contribution in [3.63, 3.8) is 0 Å². The molecule has 0 spiro atoms. The second kappa shape index (κ2) is 5.50. The van der Waals surface area contributed by atoms with Gasteiger partial charge in [0.05, 0.1) is 24.0 Å². The molecule has 1 saturated heterocycles. The van der Waals surface area contributed by atoms with E-state index in [9.17, 15) is 4.79 Å². The van der Waals surface area contributed by atoms with Crippen molar-refractivity contribution in [2.75, 3.05) is 11.4 Å². The van der Waals surface area contributed by atoms with Gasteiger partial charge in [0.2, 0.25) is 0 Å². The monoisotopic (exact) mass is 316 g/mol. The number of fused-ring (bicyclic) bond motifs is 1. The van der Waals surface area contributed by atoms with E-state index in [1.807, 2.05) is 6.92 Å². The highest BCUT2D eigenvalue weighted by molar-refractivity contribution is 7.13. The number of aryl methyl sites for hydroxylation is 3. The molecule has 1 atom stereocenters. The fraction of sp³-hybridized carbons (Fsp3) is 0.562. The summed E-state index contributed by atoms with van der Waals surface area (Å²) < 4.78 is 1.67. The number of anilines is 1. The van der Waals surface area contributed by atoms with Crippen molar-refractivity contribution >= 4 is 16.5 Å². The van der Waals surface area contributed by atoms with Gasteiger partial charge in [0, 0.05) is 18.0 Å². The molecule has 1 fully saturated rings. The van der Waals surface area contributed by atoms with Gasteiger partial charge >= 0.3 is 0 Å². The third kappa shape index (κ3) is 2.45. The van der Waals surface area contributed by atoms with Crippen LogP contribution in [0.25, 0.3) is 0 Å². The molecule has 2 aromatic rings. The van der Waals surface area contributed by atoms with Gasteiger partial charge in [0.15, 0.2) is 5.13 Å². The van der Waals surface area contributed by atoms with Crippen LogP contribution in [0.5, 0.6) is 0 Å². The van der Waals surface area contributed by atoms with Gasteiger partial charge in [0.25, 0.3) is 5.56 Å². The molecule has 0 saturated carbocycles. The van der Waals surface area contributed by atoms with Gasteiger partial charge in [-0.05, 0) is 44.6 Å². The molecule has 2 aromatic heterocycles. The van der Waals surface area contributed by atoms with Crippen molar-refractivity contribution in [1.82, 2.24) is 14.8 Å². The van der Waals surface area contributed by atoms with Gasteiger partial charge in [-0.1, -0.05) is 0 Å². The van der Waals surface area contributed by atoms with E-state index < -0.39 is 0 Å². The van der Waals surface area contributed by atoms with Gasteiger partial charge in [-0.2, -0.15) is 5.10 Å². The van der Waals surface area contributed by atoms with E-state index in [2.05, 4.69) is 20.4 Å². The summed E-state index contributed by atoms with van der Waals surface area (Å²) in [7, 11) is 0. The number of aromatic nitrogens is 3. The molecule has 116 valence electrons. The van der Waals surface area contributed by atoms with Crippen LogP contribution in [0.2, 0.25) is 0 Å². The summed E-state index contributed by atoms with van der Waals surface area (Å²) in [6.45, 7) is 3.72. The van der Waals surface area contributed by atoms with Crippen molar-refractivity contribution in [1.29, 1.82) is 0 Å². The lowest BCUT2D eigenvalue weighted by atomic mass is 10.2. The summed E-state index contributed by atoms with van der Waals surface area (Å²) in [6, 6.07) is 2.12. The van der Waals surface area contributed by atoms with Gasteiger partial charge in [-0.15, -0.1) is 11.3 Å². The van der Waals surface area contributed by atoms with Crippen molar-refractivity contribution < 1.29 is 0 Å². The van der Waals surface area contributed by atoms with E-state index in [0.717, 1.165) is 60.7 Å². The predicted octanol–water partition coefficient (Wildman–Crippen LogP) is 2.17. The van der Waals surface area contributed by atoms with Gasteiger partial charge in [-0.25, -0.2) is 9.67 Å². The molecule has 0 amide bonds. The van der Waals surface area contributed by atoms with Crippen LogP contribution >= 0.6 is 11.3 Å². The average Bonchev–Trinajstić information content (AvgIpc) is 3.20. The number of thiazole rings is 1. The Morgan fingerprint density at radius 3 is 3.09 bits per heavy atom. The molecule has 5 nitrogen and oxygen atoms in total. The summed E-state index contributed by atoms with van der Waals surface area (Å²) in [4.78, 5) is 19.2. The van der Waals surface area contributed by atoms with Gasteiger partial charge in [-0.3, -0.25) is 4.79 Å². The van der Waals surface area contributed by atoms with Crippen LogP contribution < -0.4 is 10.5 Å². The molecular weight excluding hydrogens is 296 g/mol. The van der Waals surface area contributed by atoms with Crippen LogP contribution in [-0.2, 0) is 19.4 Å². The fourth-order valence-electron chi connectivity index (χ4n) is 3.52. The van der Waals surface area contributed by atoms with Gasteiger partial charge in [0.1, 0.15) is 0 Å². The molecule has 0 bridgehead atoms. The second-order valence-corrected chi connectivity index (χ2v) is 7.09. The first-order chi connectivity index (χ1) is 10.7. The third-order valence-electron chi connectivity index (χ3n) is 4.64. The van der Waals surface area contributed by atoms with E-state index in [0.29, 0.717) is 12.6 Å². The van der Waals surface area contributed by atoms with E-state index in [-0.39, 0.29) is 5.56 Å². The Bertz CT molecular complexity index is 751. The van der Waals surface area contributed by atoms with Crippen LogP contribution in [0, 0.1) is 6.92 Å². The Labute approximate surface area is 133 Å². The molecule has 2 aliphatic rings. The summed E-state index contributed by atoms with van der Waals surface area (Å²) in [5.41, 5.74) is 3.38. The Kier molecular flexibility index (Phi) is 3.48. The zero-order valence-corrected chi connectivity index (χ0v) is 13.6. The first kappa shape index (κ1) is 13.9. The first-order valence-electron chi connectivity index (χ1n) is 7.99. The van der Waals surface area contributed by atoms with Crippen LogP contribution in [0.3, 0.4) is 0 Å². The summed E-state index contributed by atoms with van der Waals surface area (Å²) >= 11 is 1.69. The van der Waals surface area contributed by atoms with E-state index in [1.54, 1.807) is 22.1 Å². The third-order valence-corrected chi connectivity index (χ3v) is 5.63. The molecule has 1 unspecified atom stereocenters. The van der Waals surface area contributed by atoms with Crippen LogP contribution in [0.15, 0.2) is 16.2 Å².